The Kier molecular flexibility index (Phi) is 4.71. The van der Waals surface area contributed by atoms with E-state index in [0.29, 0.717) is 11.8 Å². The van der Waals surface area contributed by atoms with Gasteiger partial charge in [0.05, 0.1) is 11.8 Å². The minimum absolute atomic E-state index is 0.0189. The zero-order valence-corrected chi connectivity index (χ0v) is 12.4. The van der Waals surface area contributed by atoms with Crippen LogP contribution in [0.15, 0.2) is 0 Å². The highest BCUT2D eigenvalue weighted by molar-refractivity contribution is 5.81. The molecule has 0 amide bonds. The van der Waals surface area contributed by atoms with Crippen LogP contribution in [0.25, 0.3) is 0 Å². The van der Waals surface area contributed by atoms with Crippen LogP contribution in [-0.4, -0.2) is 22.2 Å². The molecule has 6 unspecified atom stereocenters. The second-order valence-electron chi connectivity index (χ2n) is 6.57. The van der Waals surface area contributed by atoms with Crippen molar-refractivity contribution in [1.29, 1.82) is 0 Å². The second kappa shape index (κ2) is 6.15. The van der Waals surface area contributed by atoms with Crippen molar-refractivity contribution in [1.82, 2.24) is 0 Å². The van der Waals surface area contributed by atoms with Crippen molar-refractivity contribution in [2.45, 2.75) is 52.4 Å². The van der Waals surface area contributed by atoms with Crippen LogP contribution in [0, 0.1) is 35.5 Å². The average molecular weight is 282 g/mol. The minimum Gasteiger partial charge on any atom is -0.481 e. The van der Waals surface area contributed by atoms with E-state index in [9.17, 15) is 19.8 Å². The molecular weight excluding hydrogens is 256 g/mol. The van der Waals surface area contributed by atoms with Crippen LogP contribution >= 0.6 is 0 Å². The Balaban J connectivity index is 2.37. The van der Waals surface area contributed by atoms with E-state index < -0.39 is 23.8 Å². The smallest absolute Gasteiger partial charge is 0.307 e. The average Bonchev–Trinajstić information content (AvgIpc) is 2.43. The van der Waals surface area contributed by atoms with Gasteiger partial charge in [-0.25, -0.2) is 0 Å². The van der Waals surface area contributed by atoms with Crippen LogP contribution in [0.2, 0.25) is 0 Å². The summed E-state index contributed by atoms with van der Waals surface area (Å²) < 4.78 is 0. The Bertz CT molecular complexity index is 379. The summed E-state index contributed by atoms with van der Waals surface area (Å²) in [5.74, 6) is -2.33. The van der Waals surface area contributed by atoms with Crippen LogP contribution in [0.5, 0.6) is 0 Å². The zero-order chi connectivity index (χ0) is 14.9. The van der Waals surface area contributed by atoms with Gasteiger partial charge in [-0.3, -0.25) is 9.59 Å². The second-order valence-corrected chi connectivity index (χ2v) is 6.57. The van der Waals surface area contributed by atoms with Crippen LogP contribution in [0.1, 0.15) is 52.4 Å². The molecule has 20 heavy (non-hydrogen) atoms. The predicted octanol–water partition coefficient (Wildman–Crippen LogP) is 3.26. The molecule has 2 rings (SSSR count). The third kappa shape index (κ3) is 2.57. The van der Waals surface area contributed by atoms with Crippen molar-refractivity contribution in [3.8, 4) is 0 Å². The summed E-state index contributed by atoms with van der Waals surface area (Å²) in [6, 6.07) is 0. The van der Waals surface area contributed by atoms with Gasteiger partial charge < -0.3 is 10.2 Å². The largest absolute Gasteiger partial charge is 0.481 e. The van der Waals surface area contributed by atoms with E-state index in [1.54, 1.807) is 0 Å². The quantitative estimate of drug-likeness (QED) is 0.830. The Hall–Kier alpha value is -1.06. The standard InChI is InChI=1S/C16H26O4/c1-3-9-6-5-7-11-8-10(4-2)13(15(17)18)14(12(9)11)16(19)20/h9-14H,3-8H2,1-2H3,(H,17,18)(H,19,20). The first-order chi connectivity index (χ1) is 9.51. The zero-order valence-electron chi connectivity index (χ0n) is 12.4. The summed E-state index contributed by atoms with van der Waals surface area (Å²) in [6.45, 7) is 4.09. The monoisotopic (exact) mass is 282 g/mol. The highest BCUT2D eigenvalue weighted by atomic mass is 16.4. The Morgan fingerprint density at radius 3 is 2.05 bits per heavy atom. The summed E-state index contributed by atoms with van der Waals surface area (Å²) >= 11 is 0. The Labute approximate surface area is 120 Å². The molecule has 2 fully saturated rings. The first kappa shape index (κ1) is 15.3. The van der Waals surface area contributed by atoms with E-state index in [-0.39, 0.29) is 11.8 Å². The van der Waals surface area contributed by atoms with Gasteiger partial charge in [0, 0.05) is 0 Å². The van der Waals surface area contributed by atoms with E-state index in [1.807, 2.05) is 6.92 Å². The first-order valence-electron chi connectivity index (χ1n) is 7.96. The van der Waals surface area contributed by atoms with Crippen LogP contribution in [0.3, 0.4) is 0 Å². The van der Waals surface area contributed by atoms with Crippen molar-refractivity contribution in [3.63, 3.8) is 0 Å². The fraction of sp³-hybridized carbons (Fsp3) is 0.875. The van der Waals surface area contributed by atoms with Crippen molar-refractivity contribution in [2.24, 2.45) is 35.5 Å². The molecule has 2 N–H and O–H groups in total. The fourth-order valence-corrected chi connectivity index (χ4v) is 4.91. The molecule has 0 saturated heterocycles. The maximum Gasteiger partial charge on any atom is 0.307 e. The number of carboxylic acid groups (broad SMARTS) is 2. The van der Waals surface area contributed by atoms with Gasteiger partial charge in [0.1, 0.15) is 0 Å². The van der Waals surface area contributed by atoms with Gasteiger partial charge in [0.15, 0.2) is 0 Å². The number of fused-ring (bicyclic) bond motifs is 1. The summed E-state index contributed by atoms with van der Waals surface area (Å²) in [6.07, 6.45) is 5.94. The van der Waals surface area contributed by atoms with Crippen molar-refractivity contribution >= 4 is 11.9 Å². The van der Waals surface area contributed by atoms with Gasteiger partial charge >= 0.3 is 11.9 Å². The predicted molar refractivity (Wildman–Crippen MR) is 75.3 cm³/mol. The SMILES string of the molecule is CCC1CC2CCCC(CC)C2C(C(=O)O)C1C(=O)O. The lowest BCUT2D eigenvalue weighted by Crippen LogP contribution is -2.50. The molecular formula is C16H26O4. The lowest BCUT2D eigenvalue weighted by Gasteiger charge is -2.49. The fourth-order valence-electron chi connectivity index (χ4n) is 4.91. The summed E-state index contributed by atoms with van der Waals surface area (Å²) in [5, 5.41) is 19.2. The van der Waals surface area contributed by atoms with Gasteiger partial charge in [0.25, 0.3) is 0 Å². The molecule has 114 valence electrons. The van der Waals surface area contributed by atoms with Crippen LogP contribution in [-0.2, 0) is 9.59 Å². The van der Waals surface area contributed by atoms with Crippen LogP contribution in [0.4, 0.5) is 0 Å². The van der Waals surface area contributed by atoms with Crippen molar-refractivity contribution in [2.75, 3.05) is 0 Å². The molecule has 2 aliphatic rings. The van der Waals surface area contributed by atoms with Gasteiger partial charge in [-0.2, -0.15) is 0 Å². The topological polar surface area (TPSA) is 74.6 Å². The maximum absolute atomic E-state index is 11.8. The van der Waals surface area contributed by atoms with E-state index in [4.69, 9.17) is 0 Å². The number of carbonyl (C=O) groups is 2. The third-order valence-corrected chi connectivity index (χ3v) is 5.77. The third-order valence-electron chi connectivity index (χ3n) is 5.77. The normalized spacial score (nSPS) is 40.9. The lowest BCUT2D eigenvalue weighted by atomic mass is 9.54. The Morgan fingerprint density at radius 2 is 1.55 bits per heavy atom. The van der Waals surface area contributed by atoms with Gasteiger partial charge in [0.2, 0.25) is 0 Å². The van der Waals surface area contributed by atoms with E-state index >= 15 is 0 Å². The van der Waals surface area contributed by atoms with Crippen molar-refractivity contribution in [3.05, 3.63) is 0 Å². The highest BCUT2D eigenvalue weighted by Gasteiger charge is 2.53. The molecule has 0 heterocycles. The molecule has 0 radical (unpaired) electrons. The van der Waals surface area contributed by atoms with Gasteiger partial charge in [-0.1, -0.05) is 46.0 Å². The summed E-state index contributed by atoms with van der Waals surface area (Å²) in [7, 11) is 0. The molecule has 0 aliphatic heterocycles. The molecule has 4 heteroatoms. The number of rotatable bonds is 4. The lowest BCUT2D eigenvalue weighted by molar-refractivity contribution is -0.168. The van der Waals surface area contributed by atoms with Crippen molar-refractivity contribution < 1.29 is 19.8 Å². The number of hydrogen-bond donors (Lipinski definition) is 2. The summed E-state index contributed by atoms with van der Waals surface area (Å²) in [5.41, 5.74) is 0. The molecule has 2 saturated carbocycles. The molecule has 4 nitrogen and oxygen atoms in total. The molecule has 0 bridgehead atoms. The van der Waals surface area contributed by atoms with Crippen LogP contribution < -0.4 is 0 Å². The number of hydrogen-bond acceptors (Lipinski definition) is 2. The molecule has 0 aromatic heterocycles. The molecule has 6 atom stereocenters. The van der Waals surface area contributed by atoms with E-state index in [0.717, 1.165) is 32.1 Å². The van der Waals surface area contributed by atoms with E-state index in [1.165, 1.54) is 6.42 Å². The van der Waals surface area contributed by atoms with E-state index in [2.05, 4.69) is 6.92 Å². The summed E-state index contributed by atoms with van der Waals surface area (Å²) in [4.78, 5) is 23.4. The number of carboxylic acids is 2. The molecule has 0 spiro atoms. The molecule has 2 aliphatic carbocycles. The maximum atomic E-state index is 11.8. The highest BCUT2D eigenvalue weighted by Crippen LogP contribution is 2.52. The minimum atomic E-state index is -0.914. The molecule has 0 aromatic rings. The van der Waals surface area contributed by atoms with Gasteiger partial charge in [-0.15, -0.1) is 0 Å². The Morgan fingerprint density at radius 1 is 0.950 bits per heavy atom. The van der Waals surface area contributed by atoms with Gasteiger partial charge in [-0.05, 0) is 30.1 Å². The molecule has 0 aromatic carbocycles. The first-order valence-corrected chi connectivity index (χ1v) is 7.96. The number of aliphatic carboxylic acids is 2.